The summed E-state index contributed by atoms with van der Waals surface area (Å²) < 4.78 is 17.1. The smallest absolute Gasteiger partial charge is 0.362 e. The highest BCUT2D eigenvalue weighted by atomic mass is 16.6. The summed E-state index contributed by atoms with van der Waals surface area (Å²) in [6.07, 6.45) is 27.9. The minimum absolute atomic E-state index is 0.0557. The number of carboxylic acids is 1. The predicted octanol–water partition coefficient (Wildman–Crippen LogP) is 8.57. The lowest BCUT2D eigenvalue weighted by atomic mass is 10.1. The summed E-state index contributed by atoms with van der Waals surface area (Å²) in [6.45, 7) is 4.57. The molecule has 0 saturated carbocycles. The molecule has 45 heavy (non-hydrogen) atoms. The average molecular weight is 639 g/mol. The SMILES string of the molecule is CC/C=C/C/C=C/CCCCCCCC(=O)OCC(COCCC(C(=O)O)[N+](C)(C)C)OC(=O)CCCCCCCCCCC. The van der Waals surface area contributed by atoms with Crippen LogP contribution in [0, 0.1) is 0 Å². The first-order valence-corrected chi connectivity index (χ1v) is 17.9. The van der Waals surface area contributed by atoms with Crippen LogP contribution in [0.25, 0.3) is 0 Å². The molecule has 0 aromatic heterocycles. The summed E-state index contributed by atoms with van der Waals surface area (Å²) in [5, 5.41) is 9.55. The van der Waals surface area contributed by atoms with E-state index in [1.807, 2.05) is 21.1 Å². The lowest BCUT2D eigenvalue weighted by molar-refractivity contribution is -0.887. The van der Waals surface area contributed by atoms with E-state index in [4.69, 9.17) is 14.2 Å². The highest BCUT2D eigenvalue weighted by Crippen LogP contribution is 2.13. The van der Waals surface area contributed by atoms with Gasteiger partial charge in [-0.25, -0.2) is 4.79 Å². The van der Waals surface area contributed by atoms with E-state index in [0.29, 0.717) is 19.3 Å². The van der Waals surface area contributed by atoms with Crippen molar-refractivity contribution in [2.45, 2.75) is 154 Å². The van der Waals surface area contributed by atoms with Gasteiger partial charge in [0.25, 0.3) is 0 Å². The van der Waals surface area contributed by atoms with Crippen molar-refractivity contribution in [3.8, 4) is 0 Å². The molecule has 0 radical (unpaired) electrons. The number of esters is 2. The van der Waals surface area contributed by atoms with Crippen LogP contribution in [0.2, 0.25) is 0 Å². The zero-order valence-corrected chi connectivity index (χ0v) is 29.6. The number of likely N-dealkylation sites (N-methyl/N-ethyl adjacent to an activating group) is 1. The van der Waals surface area contributed by atoms with Gasteiger partial charge in [-0.1, -0.05) is 109 Å². The van der Waals surface area contributed by atoms with Crippen LogP contribution in [0.4, 0.5) is 0 Å². The zero-order chi connectivity index (χ0) is 33.6. The van der Waals surface area contributed by atoms with Gasteiger partial charge in [0.2, 0.25) is 0 Å². The number of quaternary nitrogens is 1. The molecule has 1 N–H and O–H groups in total. The quantitative estimate of drug-likeness (QED) is 0.0351. The fourth-order valence-electron chi connectivity index (χ4n) is 5.07. The van der Waals surface area contributed by atoms with E-state index < -0.39 is 18.1 Å². The zero-order valence-electron chi connectivity index (χ0n) is 29.6. The summed E-state index contributed by atoms with van der Waals surface area (Å²) in [6, 6.07) is -0.611. The summed E-state index contributed by atoms with van der Waals surface area (Å²) in [4.78, 5) is 36.6. The van der Waals surface area contributed by atoms with Gasteiger partial charge in [-0.05, 0) is 38.5 Å². The molecule has 2 unspecified atom stereocenters. The third-order valence-corrected chi connectivity index (χ3v) is 7.87. The first-order chi connectivity index (χ1) is 21.6. The Morgan fingerprint density at radius 2 is 1.24 bits per heavy atom. The van der Waals surface area contributed by atoms with Gasteiger partial charge in [-0.15, -0.1) is 0 Å². The molecule has 0 aromatic carbocycles. The van der Waals surface area contributed by atoms with Crippen molar-refractivity contribution in [1.29, 1.82) is 0 Å². The number of ether oxygens (including phenoxy) is 3. The number of hydrogen-bond acceptors (Lipinski definition) is 6. The van der Waals surface area contributed by atoms with Crippen LogP contribution in [0.15, 0.2) is 24.3 Å². The van der Waals surface area contributed by atoms with Crippen molar-refractivity contribution < 1.29 is 38.2 Å². The maximum atomic E-state index is 12.6. The van der Waals surface area contributed by atoms with Crippen molar-refractivity contribution in [1.82, 2.24) is 0 Å². The summed E-state index contributed by atoms with van der Waals surface area (Å²) >= 11 is 0. The van der Waals surface area contributed by atoms with Crippen molar-refractivity contribution in [3.05, 3.63) is 24.3 Å². The molecule has 0 saturated heterocycles. The van der Waals surface area contributed by atoms with Crippen molar-refractivity contribution in [2.24, 2.45) is 0 Å². The van der Waals surface area contributed by atoms with Crippen LogP contribution in [-0.4, -0.2) is 80.6 Å². The average Bonchev–Trinajstić information content (AvgIpc) is 2.98. The first-order valence-electron chi connectivity index (χ1n) is 17.9. The standard InChI is InChI=1S/C37H67NO7/c1-6-8-10-12-14-16-17-18-20-21-23-25-27-35(39)44-32-33(31-43-30-29-34(37(41)42)38(3,4)5)45-36(40)28-26-24-22-19-15-13-11-9-7-2/h8,10,14,16,33-34H,6-7,9,11-13,15,17-32H2,1-5H3/p+1/b10-8+,16-14+. The molecular weight excluding hydrogens is 570 g/mol. The largest absolute Gasteiger partial charge is 0.477 e. The van der Waals surface area contributed by atoms with Gasteiger partial charge in [-0.3, -0.25) is 9.59 Å². The van der Waals surface area contributed by atoms with Gasteiger partial charge in [0.05, 0.1) is 34.4 Å². The van der Waals surface area contributed by atoms with E-state index in [0.717, 1.165) is 70.6 Å². The summed E-state index contributed by atoms with van der Waals surface area (Å²) in [5.41, 5.74) is 0. The van der Waals surface area contributed by atoms with Gasteiger partial charge in [0, 0.05) is 19.3 Å². The van der Waals surface area contributed by atoms with Crippen LogP contribution in [-0.2, 0) is 28.6 Å². The summed E-state index contributed by atoms with van der Waals surface area (Å²) in [5.74, 6) is -1.49. The first kappa shape index (κ1) is 42.8. The van der Waals surface area contributed by atoms with E-state index >= 15 is 0 Å². The van der Waals surface area contributed by atoms with Gasteiger partial charge in [0.15, 0.2) is 12.1 Å². The number of carbonyl (C=O) groups is 3. The minimum atomic E-state index is -0.878. The maximum absolute atomic E-state index is 12.6. The van der Waals surface area contributed by atoms with Gasteiger partial charge >= 0.3 is 17.9 Å². The van der Waals surface area contributed by atoms with E-state index in [9.17, 15) is 19.5 Å². The second-order valence-corrected chi connectivity index (χ2v) is 13.1. The Hall–Kier alpha value is -2.19. The van der Waals surface area contributed by atoms with Crippen LogP contribution in [0.1, 0.15) is 142 Å². The minimum Gasteiger partial charge on any atom is -0.477 e. The molecule has 0 aliphatic heterocycles. The predicted molar refractivity (Wildman–Crippen MR) is 183 cm³/mol. The Kier molecular flexibility index (Phi) is 27.8. The van der Waals surface area contributed by atoms with Gasteiger partial charge in [0.1, 0.15) is 6.61 Å². The Labute approximate surface area is 275 Å². The van der Waals surface area contributed by atoms with E-state index in [1.165, 1.54) is 38.5 Å². The van der Waals surface area contributed by atoms with E-state index in [1.54, 1.807) is 0 Å². The number of rotatable bonds is 31. The fourth-order valence-corrected chi connectivity index (χ4v) is 5.07. The third-order valence-electron chi connectivity index (χ3n) is 7.87. The van der Waals surface area contributed by atoms with E-state index in [-0.39, 0.29) is 36.2 Å². The lowest BCUT2D eigenvalue weighted by Crippen LogP contribution is -2.50. The molecule has 8 heteroatoms. The molecule has 0 bridgehead atoms. The Morgan fingerprint density at radius 1 is 0.689 bits per heavy atom. The number of aliphatic carboxylic acids is 1. The molecule has 0 amide bonds. The topological polar surface area (TPSA) is 99.1 Å². The molecule has 8 nitrogen and oxygen atoms in total. The number of carboxylic acid groups (broad SMARTS) is 1. The van der Waals surface area contributed by atoms with Crippen molar-refractivity contribution in [3.63, 3.8) is 0 Å². The Bertz CT molecular complexity index is 803. The third kappa shape index (κ3) is 27.8. The van der Waals surface area contributed by atoms with Crippen molar-refractivity contribution >= 4 is 17.9 Å². The Balaban J connectivity index is 4.46. The molecule has 262 valence electrons. The normalized spacial score (nSPS) is 13.4. The molecule has 0 aliphatic rings. The van der Waals surface area contributed by atoms with Crippen LogP contribution in [0.5, 0.6) is 0 Å². The van der Waals surface area contributed by atoms with E-state index in [2.05, 4.69) is 38.2 Å². The monoisotopic (exact) mass is 638 g/mol. The van der Waals surface area contributed by atoms with Crippen LogP contribution >= 0.6 is 0 Å². The van der Waals surface area contributed by atoms with Crippen LogP contribution < -0.4 is 0 Å². The molecule has 0 rings (SSSR count). The number of allylic oxidation sites excluding steroid dienone is 4. The Morgan fingerprint density at radius 3 is 1.82 bits per heavy atom. The molecule has 0 aromatic rings. The van der Waals surface area contributed by atoms with Crippen molar-refractivity contribution in [2.75, 3.05) is 41.0 Å². The second-order valence-electron chi connectivity index (χ2n) is 13.1. The second kappa shape index (κ2) is 29.2. The molecule has 0 aliphatic carbocycles. The number of hydrogen-bond donors (Lipinski definition) is 1. The molecule has 0 heterocycles. The van der Waals surface area contributed by atoms with Gasteiger partial charge in [-0.2, -0.15) is 0 Å². The van der Waals surface area contributed by atoms with Gasteiger partial charge < -0.3 is 23.8 Å². The highest BCUT2D eigenvalue weighted by Gasteiger charge is 2.31. The molecular formula is C37H68NO7+. The number of unbranched alkanes of at least 4 members (excludes halogenated alkanes) is 13. The highest BCUT2D eigenvalue weighted by molar-refractivity contribution is 5.72. The number of nitrogens with zero attached hydrogens (tertiary/aromatic N) is 1. The fraction of sp³-hybridized carbons (Fsp3) is 0.811. The lowest BCUT2D eigenvalue weighted by Gasteiger charge is -2.31. The number of carbonyl (C=O) groups excluding carboxylic acids is 2. The molecule has 0 spiro atoms. The van der Waals surface area contributed by atoms with Crippen LogP contribution in [0.3, 0.4) is 0 Å². The summed E-state index contributed by atoms with van der Waals surface area (Å²) in [7, 11) is 5.50. The molecule has 2 atom stereocenters. The molecule has 0 fully saturated rings. The maximum Gasteiger partial charge on any atom is 0.362 e.